The first-order valence-electron chi connectivity index (χ1n) is 10.3. The number of ether oxygens (including phenoxy) is 4. The van der Waals surface area contributed by atoms with E-state index < -0.39 is 104 Å². The van der Waals surface area contributed by atoms with Crippen LogP contribution in [0, 0.1) is 0 Å². The van der Waals surface area contributed by atoms with Gasteiger partial charge in [0.05, 0.1) is 0 Å². The first-order chi connectivity index (χ1) is 17.1. The van der Waals surface area contributed by atoms with Crippen molar-refractivity contribution in [3.05, 3.63) is 0 Å². The molecule has 2 fully saturated rings. The molecule has 37 heavy (non-hydrogen) atoms. The zero-order valence-corrected chi connectivity index (χ0v) is 18.3. The number of hydrogen-bond acceptors (Lipinski definition) is 16. The second-order valence-electron chi connectivity index (χ2n) is 8.08. The van der Waals surface area contributed by atoms with Crippen molar-refractivity contribution in [1.29, 1.82) is 0 Å². The lowest BCUT2D eigenvalue weighted by atomic mass is 9.96. The van der Waals surface area contributed by atoms with Crippen LogP contribution in [0.5, 0.6) is 0 Å². The average Bonchev–Trinajstić information content (AvgIpc) is 2.84. The van der Waals surface area contributed by atoms with Gasteiger partial charge in [-0.25, -0.2) is 14.4 Å². The normalized spacial score (nSPS) is 39.7. The molecule has 0 aromatic heterocycles. The molecule has 0 aromatic carbocycles. The van der Waals surface area contributed by atoms with Crippen molar-refractivity contribution in [1.82, 2.24) is 0 Å². The van der Waals surface area contributed by atoms with E-state index >= 15 is 0 Å². The molecule has 0 aromatic rings. The summed E-state index contributed by atoms with van der Waals surface area (Å²) in [6.07, 6.45) is -32.6. The molecule has 0 aliphatic carbocycles. The highest BCUT2D eigenvalue weighted by Crippen LogP contribution is 2.31. The van der Waals surface area contributed by atoms with Crippen LogP contribution >= 0.6 is 0 Å². The van der Waals surface area contributed by atoms with Crippen LogP contribution in [0.25, 0.3) is 0 Å². The van der Waals surface area contributed by atoms with Crippen LogP contribution in [0.15, 0.2) is 0 Å². The van der Waals surface area contributed by atoms with Crippen molar-refractivity contribution in [3.8, 4) is 0 Å². The van der Waals surface area contributed by atoms with Gasteiger partial charge in [0.15, 0.2) is 37.2 Å². The van der Waals surface area contributed by atoms with Crippen LogP contribution in [0.2, 0.25) is 0 Å². The number of aldehydes is 1. The van der Waals surface area contributed by atoms with Gasteiger partial charge in [-0.05, 0) is 0 Å². The standard InChI is InChI=1S/C18H26O19/c19-1-2(20)3(21)10(9(27)14(28)29)34-18-8(26)6(24)11(13(37-18)16(32)33)35-17-7(25)4(22)5(23)12(36-17)15(30)31/h1-13,17-18,20-27H,(H,28,29)(H,30,31)(H,32,33)/t2-,3-,4-,5-,6-,7-,8-,9-,10+,11+,12-,13+,17+,18-/m0/s1. The summed E-state index contributed by atoms with van der Waals surface area (Å²) in [7, 11) is 0. The van der Waals surface area contributed by atoms with E-state index in [0.29, 0.717) is 0 Å². The Kier molecular flexibility index (Phi) is 10.4. The SMILES string of the molecule is O=C[C@H](O)[C@H](O)[C@@H](O[C@H]1O[C@@H](C(=O)O)[C@H](O[C@@H]2O[C@H](C(=O)O)[C@@H](O)[C@H](O)[C@@H]2O)[C@@H](O)[C@@H]1O)[C@H](O)C(=O)O. The summed E-state index contributed by atoms with van der Waals surface area (Å²) < 4.78 is 19.8. The lowest BCUT2D eigenvalue weighted by molar-refractivity contribution is -0.358. The number of carbonyl (C=O) groups is 4. The molecule has 0 saturated carbocycles. The van der Waals surface area contributed by atoms with Crippen molar-refractivity contribution in [3.63, 3.8) is 0 Å². The Morgan fingerprint density at radius 1 is 0.730 bits per heavy atom. The highest BCUT2D eigenvalue weighted by atomic mass is 16.7. The van der Waals surface area contributed by atoms with Crippen molar-refractivity contribution in [2.24, 2.45) is 0 Å². The Morgan fingerprint density at radius 2 is 1.24 bits per heavy atom. The minimum absolute atomic E-state index is 0.252. The molecule has 2 aliphatic heterocycles. The number of carboxylic acids is 3. The zero-order chi connectivity index (χ0) is 28.4. The maximum Gasteiger partial charge on any atom is 0.335 e. The van der Waals surface area contributed by atoms with Gasteiger partial charge >= 0.3 is 17.9 Å². The summed E-state index contributed by atoms with van der Waals surface area (Å²) in [6.45, 7) is 0. The molecule has 0 spiro atoms. The van der Waals surface area contributed by atoms with E-state index in [1.807, 2.05) is 0 Å². The van der Waals surface area contributed by atoms with Gasteiger partial charge in [0.2, 0.25) is 0 Å². The van der Waals surface area contributed by atoms with Crippen LogP contribution in [-0.2, 0) is 38.1 Å². The number of aliphatic hydroxyl groups is 8. The van der Waals surface area contributed by atoms with Gasteiger partial charge < -0.3 is 79.9 Å². The molecule has 19 heteroatoms. The van der Waals surface area contributed by atoms with Gasteiger partial charge in [-0.2, -0.15) is 0 Å². The van der Waals surface area contributed by atoms with E-state index in [2.05, 4.69) is 0 Å². The summed E-state index contributed by atoms with van der Waals surface area (Å²) in [4.78, 5) is 44.9. The largest absolute Gasteiger partial charge is 0.479 e. The van der Waals surface area contributed by atoms with E-state index in [4.69, 9.17) is 29.2 Å². The molecule has 0 unspecified atom stereocenters. The van der Waals surface area contributed by atoms with Gasteiger partial charge in [-0.1, -0.05) is 0 Å². The molecule has 11 N–H and O–H groups in total. The Balaban J connectivity index is 2.30. The smallest absolute Gasteiger partial charge is 0.335 e. The highest BCUT2D eigenvalue weighted by molar-refractivity contribution is 5.74. The fourth-order valence-corrected chi connectivity index (χ4v) is 3.53. The number of rotatable bonds is 11. The van der Waals surface area contributed by atoms with Crippen molar-refractivity contribution in [2.75, 3.05) is 0 Å². The third kappa shape index (κ3) is 6.54. The molecule has 212 valence electrons. The summed E-state index contributed by atoms with van der Waals surface area (Å²) in [5, 5.41) is 107. The molecule has 14 atom stereocenters. The first-order valence-corrected chi connectivity index (χ1v) is 10.3. The Labute approximate surface area is 205 Å². The number of aliphatic hydroxyl groups excluding tert-OH is 8. The van der Waals surface area contributed by atoms with Gasteiger partial charge in [-0.3, -0.25) is 0 Å². The van der Waals surface area contributed by atoms with Gasteiger partial charge in [0.25, 0.3) is 0 Å². The van der Waals surface area contributed by atoms with Crippen LogP contribution in [0.1, 0.15) is 0 Å². The van der Waals surface area contributed by atoms with Gasteiger partial charge in [0, 0.05) is 0 Å². The first kappa shape index (κ1) is 30.8. The Bertz CT molecular complexity index is 836. The molecule has 0 bridgehead atoms. The lowest BCUT2D eigenvalue weighted by Crippen LogP contribution is -2.66. The minimum atomic E-state index is -2.67. The molecule has 0 amide bonds. The molecule has 2 saturated heterocycles. The van der Waals surface area contributed by atoms with Crippen LogP contribution < -0.4 is 0 Å². The van der Waals surface area contributed by atoms with Gasteiger partial charge in [0.1, 0.15) is 54.9 Å². The minimum Gasteiger partial charge on any atom is -0.479 e. The summed E-state index contributed by atoms with van der Waals surface area (Å²) >= 11 is 0. The van der Waals surface area contributed by atoms with Crippen LogP contribution in [0.3, 0.4) is 0 Å². The second kappa shape index (κ2) is 12.4. The third-order valence-electron chi connectivity index (χ3n) is 5.57. The van der Waals surface area contributed by atoms with E-state index in [1.165, 1.54) is 0 Å². The monoisotopic (exact) mass is 546 g/mol. The van der Waals surface area contributed by atoms with Crippen molar-refractivity contribution in [2.45, 2.75) is 85.8 Å². The quantitative estimate of drug-likeness (QED) is 0.107. The van der Waals surface area contributed by atoms with Crippen LogP contribution in [0.4, 0.5) is 0 Å². The van der Waals surface area contributed by atoms with Crippen molar-refractivity contribution < 1.29 is 94.3 Å². The molecular formula is C18H26O19. The molecule has 19 nitrogen and oxygen atoms in total. The van der Waals surface area contributed by atoms with E-state index in [0.717, 1.165) is 0 Å². The lowest BCUT2D eigenvalue weighted by Gasteiger charge is -2.45. The fourth-order valence-electron chi connectivity index (χ4n) is 3.53. The number of hydrogen-bond donors (Lipinski definition) is 11. The zero-order valence-electron chi connectivity index (χ0n) is 18.3. The Hall–Kier alpha value is -2.40. The molecule has 2 heterocycles. The fraction of sp³-hybridized carbons (Fsp3) is 0.778. The predicted octanol–water partition coefficient (Wildman–Crippen LogP) is -7.45. The average molecular weight is 546 g/mol. The number of carbonyl (C=O) groups excluding carboxylic acids is 1. The summed E-state index contributed by atoms with van der Waals surface area (Å²) in [6, 6.07) is 0. The maximum absolute atomic E-state index is 11.8. The molecule has 2 rings (SSSR count). The third-order valence-corrected chi connectivity index (χ3v) is 5.57. The van der Waals surface area contributed by atoms with Gasteiger partial charge in [-0.15, -0.1) is 0 Å². The highest BCUT2D eigenvalue weighted by Gasteiger charge is 2.55. The maximum atomic E-state index is 11.8. The number of aliphatic carboxylic acids is 3. The molecular weight excluding hydrogens is 520 g/mol. The molecule has 2 aliphatic rings. The van der Waals surface area contributed by atoms with E-state index in [-0.39, 0.29) is 6.29 Å². The Morgan fingerprint density at radius 3 is 1.73 bits per heavy atom. The van der Waals surface area contributed by atoms with Crippen LogP contribution in [-0.4, -0.2) is 166 Å². The van der Waals surface area contributed by atoms with E-state index in [1.54, 1.807) is 0 Å². The summed E-state index contributed by atoms with van der Waals surface area (Å²) in [5.74, 6) is -5.79. The molecule has 0 radical (unpaired) electrons. The predicted molar refractivity (Wildman–Crippen MR) is 104 cm³/mol. The topological polar surface area (TPSA) is 328 Å². The number of carboxylic acid groups (broad SMARTS) is 3. The summed E-state index contributed by atoms with van der Waals surface area (Å²) in [5.41, 5.74) is 0. The van der Waals surface area contributed by atoms with E-state index in [9.17, 15) is 65.1 Å². The second-order valence-corrected chi connectivity index (χ2v) is 8.08. The van der Waals surface area contributed by atoms with Crippen molar-refractivity contribution >= 4 is 24.2 Å².